The molecule has 1 rings (SSSR count). The first-order valence-electron chi connectivity index (χ1n) is 5.66. The number of amides is 1. The Labute approximate surface area is 115 Å². The van der Waals surface area contributed by atoms with Crippen LogP contribution in [0.1, 0.15) is 41.5 Å². The molecule has 0 bridgehead atoms. The minimum absolute atomic E-state index is 0.0322. The van der Waals surface area contributed by atoms with Gasteiger partial charge in [0.05, 0.1) is 5.56 Å². The highest BCUT2D eigenvalue weighted by Gasteiger charge is 2.15. The van der Waals surface area contributed by atoms with E-state index in [-0.39, 0.29) is 17.5 Å². The second kappa shape index (κ2) is 6.00. The second-order valence-corrected chi connectivity index (χ2v) is 5.46. The summed E-state index contributed by atoms with van der Waals surface area (Å²) in [6.45, 7) is 5.93. The predicted molar refractivity (Wildman–Crippen MR) is 72.9 cm³/mol. The molecule has 0 fully saturated rings. The monoisotopic (exact) mass is 313 g/mol. The van der Waals surface area contributed by atoms with Gasteiger partial charge in [-0.15, -0.1) is 0 Å². The number of aromatic carboxylic acids is 1. The summed E-state index contributed by atoms with van der Waals surface area (Å²) >= 11 is 3.20. The first-order valence-corrected chi connectivity index (χ1v) is 6.45. The Kier molecular flexibility index (Phi) is 4.90. The molecule has 0 saturated heterocycles. The Bertz CT molecular complexity index is 471. The van der Waals surface area contributed by atoms with Crippen molar-refractivity contribution in [2.45, 2.75) is 26.8 Å². The van der Waals surface area contributed by atoms with E-state index in [2.05, 4.69) is 21.2 Å². The van der Waals surface area contributed by atoms with Gasteiger partial charge in [-0.3, -0.25) is 4.79 Å². The van der Waals surface area contributed by atoms with Gasteiger partial charge >= 0.3 is 5.97 Å². The van der Waals surface area contributed by atoms with E-state index in [0.29, 0.717) is 16.0 Å². The van der Waals surface area contributed by atoms with E-state index < -0.39 is 5.97 Å². The van der Waals surface area contributed by atoms with Crippen molar-refractivity contribution in [2.24, 2.45) is 5.92 Å². The summed E-state index contributed by atoms with van der Waals surface area (Å²) in [7, 11) is 0. The summed E-state index contributed by atoms with van der Waals surface area (Å²) in [5.41, 5.74) is 0.431. The zero-order valence-corrected chi connectivity index (χ0v) is 12.1. The number of hydrogen-bond acceptors (Lipinski definition) is 2. The van der Waals surface area contributed by atoms with Crippen molar-refractivity contribution >= 4 is 27.8 Å². The molecule has 4 nitrogen and oxygen atoms in total. The highest BCUT2D eigenvalue weighted by atomic mass is 79.9. The van der Waals surface area contributed by atoms with Gasteiger partial charge in [-0.05, 0) is 31.0 Å². The molecule has 1 aromatic carbocycles. The molecule has 0 saturated carbocycles. The maximum absolute atomic E-state index is 12.0. The van der Waals surface area contributed by atoms with E-state index in [9.17, 15) is 9.59 Å². The van der Waals surface area contributed by atoms with Crippen LogP contribution >= 0.6 is 15.9 Å². The van der Waals surface area contributed by atoms with Crippen molar-refractivity contribution in [3.05, 3.63) is 33.8 Å². The molecule has 1 aromatic rings. The molecule has 0 aromatic heterocycles. The Morgan fingerprint density at radius 1 is 1.17 bits per heavy atom. The molecule has 0 aliphatic rings. The number of rotatable bonds is 4. The fourth-order valence-corrected chi connectivity index (χ4v) is 1.79. The second-order valence-electron chi connectivity index (χ2n) is 4.54. The molecule has 0 aliphatic heterocycles. The van der Waals surface area contributed by atoms with Gasteiger partial charge in [-0.2, -0.15) is 0 Å². The third-order valence-electron chi connectivity index (χ3n) is 2.77. The normalized spacial score (nSPS) is 12.3. The lowest BCUT2D eigenvalue weighted by Crippen LogP contribution is -2.36. The van der Waals surface area contributed by atoms with Crippen LogP contribution in [-0.2, 0) is 0 Å². The van der Waals surface area contributed by atoms with Crippen molar-refractivity contribution < 1.29 is 14.7 Å². The van der Waals surface area contributed by atoms with Crippen LogP contribution in [0.25, 0.3) is 0 Å². The van der Waals surface area contributed by atoms with E-state index in [0.717, 1.165) is 0 Å². The van der Waals surface area contributed by atoms with Crippen LogP contribution in [0.5, 0.6) is 0 Å². The molecule has 0 radical (unpaired) electrons. The molecule has 1 unspecified atom stereocenters. The lowest BCUT2D eigenvalue weighted by molar-refractivity contribution is 0.0697. The molecule has 18 heavy (non-hydrogen) atoms. The van der Waals surface area contributed by atoms with Crippen LogP contribution in [0.3, 0.4) is 0 Å². The molecular weight excluding hydrogens is 298 g/mol. The Morgan fingerprint density at radius 2 is 1.72 bits per heavy atom. The van der Waals surface area contributed by atoms with Crippen LogP contribution in [0.2, 0.25) is 0 Å². The van der Waals surface area contributed by atoms with E-state index >= 15 is 0 Å². The van der Waals surface area contributed by atoms with Crippen LogP contribution in [0, 0.1) is 5.92 Å². The van der Waals surface area contributed by atoms with E-state index in [1.54, 1.807) is 6.07 Å². The van der Waals surface area contributed by atoms with Gasteiger partial charge in [0.1, 0.15) is 0 Å². The fraction of sp³-hybridized carbons (Fsp3) is 0.385. The molecule has 5 heteroatoms. The Balaban J connectivity index is 2.95. The maximum atomic E-state index is 12.0. The molecule has 0 heterocycles. The Morgan fingerprint density at radius 3 is 2.22 bits per heavy atom. The predicted octanol–water partition coefficient (Wildman–Crippen LogP) is 2.92. The highest BCUT2D eigenvalue weighted by molar-refractivity contribution is 9.10. The number of benzene rings is 1. The van der Waals surface area contributed by atoms with Crippen molar-refractivity contribution in [2.75, 3.05) is 0 Å². The molecule has 2 N–H and O–H groups in total. The van der Waals surface area contributed by atoms with Crippen LogP contribution in [0.15, 0.2) is 22.7 Å². The number of carboxylic acid groups (broad SMARTS) is 1. The van der Waals surface area contributed by atoms with Gasteiger partial charge < -0.3 is 10.4 Å². The molecular formula is C13H16BrNO3. The number of nitrogens with one attached hydrogen (secondary N) is 1. The third kappa shape index (κ3) is 3.84. The summed E-state index contributed by atoms with van der Waals surface area (Å²) in [6.07, 6.45) is 0. The average Bonchev–Trinajstić information content (AvgIpc) is 2.27. The van der Waals surface area contributed by atoms with Gasteiger partial charge in [-0.1, -0.05) is 29.8 Å². The lowest BCUT2D eigenvalue weighted by Gasteiger charge is -2.17. The topological polar surface area (TPSA) is 66.4 Å². The van der Waals surface area contributed by atoms with Crippen molar-refractivity contribution in [3.63, 3.8) is 0 Å². The summed E-state index contributed by atoms with van der Waals surface area (Å²) in [5, 5.41) is 11.8. The first-order chi connectivity index (χ1) is 8.31. The molecule has 0 aliphatic carbocycles. The lowest BCUT2D eigenvalue weighted by atomic mass is 10.1. The third-order valence-corrected chi connectivity index (χ3v) is 3.22. The van der Waals surface area contributed by atoms with Crippen LogP contribution in [0.4, 0.5) is 0 Å². The average molecular weight is 314 g/mol. The number of carboxylic acids is 1. The highest BCUT2D eigenvalue weighted by Crippen LogP contribution is 2.16. The van der Waals surface area contributed by atoms with Crippen molar-refractivity contribution in [3.8, 4) is 0 Å². The maximum Gasteiger partial charge on any atom is 0.335 e. The smallest absolute Gasteiger partial charge is 0.335 e. The molecule has 0 spiro atoms. The standard InChI is InChI=1S/C13H16BrNO3/c1-7(2)8(3)15-12(16)9-4-10(13(17)18)6-11(14)5-9/h4-8H,1-3H3,(H,15,16)(H,17,18). The summed E-state index contributed by atoms with van der Waals surface area (Å²) < 4.78 is 0.574. The van der Waals surface area contributed by atoms with Gasteiger partial charge in [0.15, 0.2) is 0 Å². The SMILES string of the molecule is CC(C)C(C)NC(=O)c1cc(Br)cc(C(=O)O)c1. The van der Waals surface area contributed by atoms with Crippen molar-refractivity contribution in [1.29, 1.82) is 0 Å². The number of halogens is 1. The van der Waals surface area contributed by atoms with E-state index in [4.69, 9.17) is 5.11 Å². The van der Waals surface area contributed by atoms with Crippen LogP contribution < -0.4 is 5.32 Å². The fourth-order valence-electron chi connectivity index (χ4n) is 1.30. The zero-order valence-electron chi connectivity index (χ0n) is 10.5. The number of hydrogen-bond donors (Lipinski definition) is 2. The minimum atomic E-state index is -1.05. The van der Waals surface area contributed by atoms with E-state index in [1.807, 2.05) is 20.8 Å². The van der Waals surface area contributed by atoms with Crippen molar-refractivity contribution in [1.82, 2.24) is 5.32 Å². The summed E-state index contributed by atoms with van der Waals surface area (Å²) in [4.78, 5) is 22.9. The van der Waals surface area contributed by atoms with Gasteiger partial charge in [-0.25, -0.2) is 4.79 Å². The molecule has 1 amide bonds. The number of carbonyl (C=O) groups is 2. The number of carbonyl (C=O) groups excluding carboxylic acids is 1. The molecule has 98 valence electrons. The van der Waals surface area contributed by atoms with E-state index in [1.165, 1.54) is 12.1 Å². The van der Waals surface area contributed by atoms with Gasteiger partial charge in [0.25, 0.3) is 5.91 Å². The molecule has 1 atom stereocenters. The quantitative estimate of drug-likeness (QED) is 0.898. The zero-order chi connectivity index (χ0) is 13.9. The van der Waals surface area contributed by atoms with Crippen LogP contribution in [-0.4, -0.2) is 23.0 Å². The summed E-state index contributed by atoms with van der Waals surface area (Å²) in [5.74, 6) is -0.998. The van der Waals surface area contributed by atoms with Gasteiger partial charge in [0.2, 0.25) is 0 Å². The largest absolute Gasteiger partial charge is 0.478 e. The summed E-state index contributed by atoms with van der Waals surface area (Å²) in [6, 6.07) is 4.47. The Hall–Kier alpha value is -1.36. The minimum Gasteiger partial charge on any atom is -0.478 e. The van der Waals surface area contributed by atoms with Gasteiger partial charge in [0, 0.05) is 16.1 Å². The first kappa shape index (κ1) is 14.7.